The number of benzene rings is 4. The summed E-state index contributed by atoms with van der Waals surface area (Å²) in [5, 5.41) is 2.42. The van der Waals surface area contributed by atoms with Crippen LogP contribution in [0.15, 0.2) is 104 Å². The van der Waals surface area contributed by atoms with Gasteiger partial charge in [0.1, 0.15) is 5.82 Å². The molecule has 0 fully saturated rings. The molecule has 2 heteroatoms. The monoisotopic (exact) mass is 426 g/mol. The van der Waals surface area contributed by atoms with E-state index in [0.717, 1.165) is 28.5 Å². The molecule has 0 N–H and O–H groups in total. The van der Waals surface area contributed by atoms with Crippen LogP contribution in [0.5, 0.6) is 0 Å². The zero-order valence-electron chi connectivity index (χ0n) is 19.0. The molecule has 1 aromatic heterocycles. The Morgan fingerprint density at radius 1 is 0.758 bits per heavy atom. The molecule has 0 radical (unpaired) electrons. The molecule has 0 aliphatic carbocycles. The van der Waals surface area contributed by atoms with Crippen molar-refractivity contribution in [3.05, 3.63) is 121 Å². The van der Waals surface area contributed by atoms with Crippen LogP contribution in [0.2, 0.25) is 0 Å². The van der Waals surface area contributed by atoms with Gasteiger partial charge in [-0.25, -0.2) is 4.98 Å². The molecule has 2 nitrogen and oxygen atoms in total. The van der Waals surface area contributed by atoms with E-state index in [0.29, 0.717) is 0 Å². The van der Waals surface area contributed by atoms with Gasteiger partial charge in [-0.3, -0.25) is 4.57 Å². The fourth-order valence-corrected chi connectivity index (χ4v) is 4.26. The van der Waals surface area contributed by atoms with Gasteiger partial charge in [0.15, 0.2) is 0 Å². The van der Waals surface area contributed by atoms with Crippen LogP contribution in [-0.4, -0.2) is 9.55 Å². The summed E-state index contributed by atoms with van der Waals surface area (Å²) in [6.45, 7) is 8.22. The highest BCUT2D eigenvalue weighted by molar-refractivity contribution is 5.87. The Balaban J connectivity index is 1.67. The van der Waals surface area contributed by atoms with Gasteiger partial charge in [0.25, 0.3) is 0 Å². The number of fused-ring (bicyclic) bond motifs is 1. The summed E-state index contributed by atoms with van der Waals surface area (Å²) >= 11 is 0. The molecule has 5 rings (SSSR count). The quantitative estimate of drug-likeness (QED) is 0.276. The van der Waals surface area contributed by atoms with E-state index in [9.17, 15) is 0 Å². The first kappa shape index (κ1) is 20.7. The lowest BCUT2D eigenvalue weighted by Gasteiger charge is -2.12. The van der Waals surface area contributed by atoms with E-state index in [-0.39, 0.29) is 0 Å². The zero-order chi connectivity index (χ0) is 22.8. The van der Waals surface area contributed by atoms with Gasteiger partial charge in [0.2, 0.25) is 0 Å². The van der Waals surface area contributed by atoms with Crippen molar-refractivity contribution >= 4 is 22.9 Å². The fourth-order valence-electron chi connectivity index (χ4n) is 4.26. The molecule has 0 atom stereocenters. The number of allylic oxidation sites excluding steroid dienone is 1. The predicted octanol–water partition coefficient (Wildman–Crippen LogP) is 8.34. The van der Waals surface area contributed by atoms with Crippen molar-refractivity contribution in [2.75, 3.05) is 0 Å². The summed E-state index contributed by atoms with van der Waals surface area (Å²) in [5.41, 5.74) is 7.71. The predicted molar refractivity (Wildman–Crippen MR) is 141 cm³/mol. The highest BCUT2D eigenvalue weighted by atomic mass is 15.1. The van der Waals surface area contributed by atoms with Crippen LogP contribution in [0.4, 0.5) is 0 Å². The SMILES string of the molecule is C=Cc1c(/C=C\C)nc(-c2ccc3ccccc3c2)n1-c1ccc(-c2ccc(C)cc2)cc1. The van der Waals surface area contributed by atoms with Gasteiger partial charge in [0, 0.05) is 11.3 Å². The van der Waals surface area contributed by atoms with Crippen molar-refractivity contribution in [2.24, 2.45) is 0 Å². The molecule has 33 heavy (non-hydrogen) atoms. The first-order chi connectivity index (χ1) is 16.2. The van der Waals surface area contributed by atoms with Crippen molar-refractivity contribution < 1.29 is 0 Å². The average Bonchev–Trinajstić information content (AvgIpc) is 3.23. The fraction of sp³-hybridized carbons (Fsp3) is 0.0645. The molecule has 0 spiro atoms. The summed E-state index contributed by atoms with van der Waals surface area (Å²) < 4.78 is 2.20. The van der Waals surface area contributed by atoms with E-state index in [2.05, 4.69) is 109 Å². The molecular weight excluding hydrogens is 400 g/mol. The number of imidazole rings is 1. The second-order valence-corrected chi connectivity index (χ2v) is 8.22. The van der Waals surface area contributed by atoms with Crippen LogP contribution in [0, 0.1) is 6.92 Å². The number of aromatic nitrogens is 2. The maximum atomic E-state index is 5.02. The van der Waals surface area contributed by atoms with Crippen LogP contribution < -0.4 is 0 Å². The van der Waals surface area contributed by atoms with Crippen molar-refractivity contribution in [3.63, 3.8) is 0 Å². The molecule has 1 heterocycles. The van der Waals surface area contributed by atoms with Crippen molar-refractivity contribution in [1.29, 1.82) is 0 Å². The highest BCUT2D eigenvalue weighted by Crippen LogP contribution is 2.31. The van der Waals surface area contributed by atoms with E-state index in [1.165, 1.54) is 27.5 Å². The van der Waals surface area contributed by atoms with Gasteiger partial charge in [-0.05, 0) is 66.1 Å². The largest absolute Gasteiger partial charge is 0.292 e. The van der Waals surface area contributed by atoms with Gasteiger partial charge in [-0.2, -0.15) is 0 Å². The van der Waals surface area contributed by atoms with Gasteiger partial charge >= 0.3 is 0 Å². The number of nitrogens with zero attached hydrogens (tertiary/aromatic N) is 2. The molecule has 0 saturated carbocycles. The third-order valence-corrected chi connectivity index (χ3v) is 5.98. The van der Waals surface area contributed by atoms with Crippen LogP contribution in [-0.2, 0) is 0 Å². The molecule has 160 valence electrons. The van der Waals surface area contributed by atoms with Gasteiger partial charge in [-0.15, -0.1) is 0 Å². The lowest BCUT2D eigenvalue weighted by molar-refractivity contribution is 1.05. The first-order valence-corrected chi connectivity index (χ1v) is 11.2. The van der Waals surface area contributed by atoms with Crippen molar-refractivity contribution in [2.45, 2.75) is 13.8 Å². The zero-order valence-corrected chi connectivity index (χ0v) is 19.0. The van der Waals surface area contributed by atoms with Crippen LogP contribution in [0.25, 0.3) is 51.1 Å². The Morgan fingerprint density at radius 2 is 1.39 bits per heavy atom. The smallest absolute Gasteiger partial charge is 0.145 e. The standard InChI is InChI=1S/C31H26N2/c1-4-8-29-30(5-2)33(28-19-17-25(18-20-28)24-13-11-22(3)12-14-24)31(32-29)27-16-15-23-9-6-7-10-26(23)21-27/h4-21H,2H2,1,3H3/b8-4-. The maximum Gasteiger partial charge on any atom is 0.145 e. The van der Waals surface area contributed by atoms with Gasteiger partial charge in [-0.1, -0.05) is 91.0 Å². The Labute approximate surface area is 195 Å². The normalized spacial score (nSPS) is 11.3. The number of hydrogen-bond donors (Lipinski definition) is 0. The average molecular weight is 427 g/mol. The highest BCUT2D eigenvalue weighted by Gasteiger charge is 2.17. The molecule has 0 saturated heterocycles. The van der Waals surface area contributed by atoms with E-state index in [1.54, 1.807) is 0 Å². The van der Waals surface area contributed by atoms with Crippen molar-refractivity contribution in [1.82, 2.24) is 9.55 Å². The Morgan fingerprint density at radius 3 is 2.06 bits per heavy atom. The minimum absolute atomic E-state index is 0.909. The second-order valence-electron chi connectivity index (χ2n) is 8.22. The minimum atomic E-state index is 0.909. The van der Waals surface area contributed by atoms with E-state index >= 15 is 0 Å². The van der Waals surface area contributed by atoms with E-state index in [4.69, 9.17) is 4.98 Å². The Kier molecular flexibility index (Phi) is 5.50. The van der Waals surface area contributed by atoms with Gasteiger partial charge < -0.3 is 0 Å². The number of hydrogen-bond acceptors (Lipinski definition) is 1. The lowest BCUT2D eigenvalue weighted by Crippen LogP contribution is -2.00. The molecule has 4 aromatic carbocycles. The molecule has 0 unspecified atom stereocenters. The first-order valence-electron chi connectivity index (χ1n) is 11.2. The van der Waals surface area contributed by atoms with Crippen LogP contribution >= 0.6 is 0 Å². The Bertz CT molecular complexity index is 1470. The molecule has 0 amide bonds. The number of aryl methyl sites for hydroxylation is 1. The molecule has 0 aliphatic rings. The Hall–Kier alpha value is -4.17. The van der Waals surface area contributed by atoms with Gasteiger partial charge in [0.05, 0.1) is 11.4 Å². The molecular formula is C31H26N2. The number of rotatable bonds is 5. The van der Waals surface area contributed by atoms with Crippen LogP contribution in [0.3, 0.4) is 0 Å². The van der Waals surface area contributed by atoms with E-state index in [1.807, 2.05) is 25.2 Å². The minimum Gasteiger partial charge on any atom is -0.292 e. The maximum absolute atomic E-state index is 5.02. The topological polar surface area (TPSA) is 17.8 Å². The third-order valence-electron chi connectivity index (χ3n) is 5.98. The lowest BCUT2D eigenvalue weighted by atomic mass is 10.0. The second kappa shape index (κ2) is 8.76. The van der Waals surface area contributed by atoms with E-state index < -0.39 is 0 Å². The summed E-state index contributed by atoms with van der Waals surface area (Å²) in [4.78, 5) is 5.02. The summed E-state index contributed by atoms with van der Waals surface area (Å²) in [5.74, 6) is 0.909. The summed E-state index contributed by atoms with van der Waals surface area (Å²) in [7, 11) is 0. The molecule has 0 aliphatic heterocycles. The third kappa shape index (κ3) is 3.92. The van der Waals surface area contributed by atoms with Crippen molar-refractivity contribution in [3.8, 4) is 28.2 Å². The summed E-state index contributed by atoms with van der Waals surface area (Å²) in [6.07, 6.45) is 5.95. The molecule has 5 aromatic rings. The van der Waals surface area contributed by atoms with Crippen LogP contribution in [0.1, 0.15) is 23.9 Å². The summed E-state index contributed by atoms with van der Waals surface area (Å²) in [6, 6.07) is 32.2. The molecule has 0 bridgehead atoms.